The maximum atomic E-state index is 10.8. The Morgan fingerprint density at radius 3 is 2.29 bits per heavy atom. The number of aliphatic imine (C=N–C) groups is 1. The topological polar surface area (TPSA) is 58.0 Å². The van der Waals surface area contributed by atoms with Crippen molar-refractivity contribution in [2.45, 2.75) is 79.7 Å². The molecule has 0 spiro atoms. The molecule has 0 saturated heterocycles. The average molecular weight is 744 g/mol. The first-order valence-corrected chi connectivity index (χ1v) is 14.6. The van der Waals surface area contributed by atoms with Crippen LogP contribution in [0.4, 0.5) is 5.69 Å². The molecule has 42 heavy (non-hydrogen) atoms. The third kappa shape index (κ3) is 6.42. The Morgan fingerprint density at radius 2 is 1.67 bits per heavy atom. The van der Waals surface area contributed by atoms with Gasteiger partial charge in [-0.25, -0.2) is 4.98 Å². The van der Waals surface area contributed by atoms with Crippen LogP contribution in [0.15, 0.2) is 59.6 Å². The van der Waals surface area contributed by atoms with Crippen molar-refractivity contribution < 1.29 is 30.9 Å². The Hall–Kier alpha value is -3.17. The molecule has 0 fully saturated rings. The van der Waals surface area contributed by atoms with Crippen LogP contribution in [0.1, 0.15) is 82.2 Å². The van der Waals surface area contributed by atoms with E-state index in [0.29, 0.717) is 23.1 Å². The van der Waals surface area contributed by atoms with Gasteiger partial charge in [-0.2, -0.15) is 0 Å². The third-order valence-corrected chi connectivity index (χ3v) is 7.99. The zero-order chi connectivity index (χ0) is 29.6. The molecule has 2 heterocycles. The summed E-state index contributed by atoms with van der Waals surface area (Å²) >= 11 is 0. The molecule has 5 nitrogen and oxygen atoms in total. The van der Waals surface area contributed by atoms with Crippen LogP contribution in [0.3, 0.4) is 0 Å². The molecule has 5 rings (SSSR count). The molecule has 1 atom stereocenters. The summed E-state index contributed by atoms with van der Waals surface area (Å²) in [5, 5.41) is 11.7. The van der Waals surface area contributed by atoms with Crippen molar-refractivity contribution in [2.75, 3.05) is 11.4 Å². The van der Waals surface area contributed by atoms with Gasteiger partial charge in [0.05, 0.1) is 11.9 Å². The van der Waals surface area contributed by atoms with Gasteiger partial charge in [-0.3, -0.25) is 0 Å². The van der Waals surface area contributed by atoms with Crippen LogP contribution in [-0.2, 0) is 26.5 Å². The van der Waals surface area contributed by atoms with Gasteiger partial charge in [0.15, 0.2) is 0 Å². The minimum absolute atomic E-state index is 0. The van der Waals surface area contributed by atoms with E-state index in [1.165, 1.54) is 16.8 Å². The molecule has 4 aromatic rings. The molecule has 0 saturated carbocycles. The molecule has 224 valence electrons. The van der Waals surface area contributed by atoms with Gasteiger partial charge in [-0.15, -0.1) is 17.2 Å². The summed E-state index contributed by atoms with van der Waals surface area (Å²) in [6.07, 6.45) is 0. The molecule has 0 bridgehead atoms. The molecule has 0 radical (unpaired) electrons. The average Bonchev–Trinajstić information content (AvgIpc) is 3.33. The fraction of sp³-hybridized carbons (Fsp3) is 0.389. The van der Waals surface area contributed by atoms with E-state index in [1.54, 1.807) is 6.07 Å². The third-order valence-electron chi connectivity index (χ3n) is 7.99. The second-order valence-electron chi connectivity index (χ2n) is 13.0. The maximum Gasteiger partial charge on any atom is 0.217 e. The Kier molecular flexibility index (Phi) is 9.23. The van der Waals surface area contributed by atoms with Gasteiger partial charge < -0.3 is 19.7 Å². The predicted molar refractivity (Wildman–Crippen MR) is 170 cm³/mol. The normalized spacial score (nSPS) is 15.4. The second kappa shape index (κ2) is 12.2. The minimum Gasteiger partial charge on any atom is -0.506 e. The number of hydrogen-bond donors (Lipinski definition) is 1. The van der Waals surface area contributed by atoms with Crippen LogP contribution >= 0.6 is 0 Å². The summed E-state index contributed by atoms with van der Waals surface area (Å²) in [6, 6.07) is 22.1. The number of aryl methyl sites for hydroxylation is 2. The molecule has 0 amide bonds. The first-order valence-electron chi connectivity index (χ1n) is 14.6. The van der Waals surface area contributed by atoms with Crippen LogP contribution < -0.4 is 9.64 Å². The molecular weight excluding hydrogens is 701 g/mol. The predicted octanol–water partition coefficient (Wildman–Crippen LogP) is 8.86. The summed E-state index contributed by atoms with van der Waals surface area (Å²) in [7, 11) is 0. The number of amidine groups is 1. The van der Waals surface area contributed by atoms with E-state index in [0.717, 1.165) is 34.5 Å². The van der Waals surface area contributed by atoms with Crippen molar-refractivity contribution in [3.05, 3.63) is 88.5 Å². The van der Waals surface area contributed by atoms with Gasteiger partial charge in [0.1, 0.15) is 11.3 Å². The summed E-state index contributed by atoms with van der Waals surface area (Å²) in [5.74, 6) is 2.78. The number of pyridine rings is 1. The van der Waals surface area contributed by atoms with Crippen LogP contribution in [-0.4, -0.2) is 28.5 Å². The Morgan fingerprint density at radius 1 is 0.976 bits per heavy atom. The number of phenols is 1. The number of para-hydroxylation sites is 1. The van der Waals surface area contributed by atoms with Crippen LogP contribution in [0.25, 0.3) is 10.9 Å². The van der Waals surface area contributed by atoms with E-state index in [1.807, 2.05) is 18.2 Å². The number of benzene rings is 3. The van der Waals surface area contributed by atoms with Crippen LogP contribution in [0, 0.1) is 25.8 Å². The summed E-state index contributed by atoms with van der Waals surface area (Å²) in [4.78, 5) is 12.3. The fourth-order valence-electron chi connectivity index (χ4n) is 5.42. The van der Waals surface area contributed by atoms with Crippen molar-refractivity contribution in [1.29, 1.82) is 0 Å². The minimum atomic E-state index is -0.0776. The molecule has 6 heteroatoms. The molecule has 1 aliphatic rings. The number of aromatic nitrogens is 1. The summed E-state index contributed by atoms with van der Waals surface area (Å²) in [6.45, 7) is 20.4. The Balaban J connectivity index is 0.00000405. The molecule has 0 unspecified atom stereocenters. The van der Waals surface area contributed by atoms with Crippen molar-refractivity contribution in [3.63, 3.8) is 0 Å². The van der Waals surface area contributed by atoms with Crippen molar-refractivity contribution in [2.24, 2.45) is 10.9 Å². The van der Waals surface area contributed by atoms with E-state index in [9.17, 15) is 5.11 Å². The first-order chi connectivity index (χ1) is 19.3. The van der Waals surface area contributed by atoms with Gasteiger partial charge in [0.25, 0.3) is 0 Å². The zero-order valence-corrected chi connectivity index (χ0v) is 28.4. The number of nitrogens with zero attached hydrogens (tertiary/aromatic N) is 3. The molecule has 1 aromatic heterocycles. The summed E-state index contributed by atoms with van der Waals surface area (Å²) < 4.78 is 6.34. The van der Waals surface area contributed by atoms with E-state index in [2.05, 4.69) is 109 Å². The van der Waals surface area contributed by atoms with E-state index in [4.69, 9.17) is 9.73 Å². The molecule has 3 aromatic carbocycles. The van der Waals surface area contributed by atoms with Gasteiger partial charge in [-0.1, -0.05) is 78.8 Å². The van der Waals surface area contributed by atoms with Gasteiger partial charge in [-0.05, 0) is 66.0 Å². The monoisotopic (exact) mass is 743 g/mol. The number of hydrogen-bond acceptors (Lipinski definition) is 5. The van der Waals surface area contributed by atoms with Crippen molar-refractivity contribution in [1.82, 2.24) is 4.98 Å². The number of fused-ring (bicyclic) bond motifs is 1. The fourth-order valence-corrected chi connectivity index (χ4v) is 5.42. The Labute approximate surface area is 265 Å². The van der Waals surface area contributed by atoms with E-state index >= 15 is 0 Å². The SMILES string of the molecule is Cc1cccc(C)c1N1C[C@H](C(C)C)N=C1c1[c-]c(Oc2ccc3cc(C(C)(C)C)cc(O)c3n2)cc(C(C)C)c1.[Pt]. The largest absolute Gasteiger partial charge is 0.506 e. The molecule has 0 aliphatic carbocycles. The number of phenolic OH excluding ortho intramolecular Hbond substituents is 1. The number of rotatable bonds is 6. The number of aromatic hydroxyl groups is 1. The standard InChI is InChI=1S/C36H42N3O2.Pt/c1-21(2)26-15-27(35-37-30(22(3)4)20-39(35)34-23(5)11-10-12-24(34)6)18-29(17-26)41-32-14-13-25-16-28(36(7,8)9)19-31(40)33(25)38-32;/h10-17,19,21-22,30,40H,20H2,1-9H3;/q-1;/t30-;/m1./s1. The smallest absolute Gasteiger partial charge is 0.217 e. The first kappa shape index (κ1) is 31.8. The quantitative estimate of drug-likeness (QED) is 0.201. The molecule has 1 N–H and O–H groups in total. The second-order valence-corrected chi connectivity index (χ2v) is 13.0. The maximum absolute atomic E-state index is 10.8. The van der Waals surface area contributed by atoms with Gasteiger partial charge in [0, 0.05) is 50.5 Å². The van der Waals surface area contributed by atoms with Crippen LogP contribution in [0.2, 0.25) is 0 Å². The van der Waals surface area contributed by atoms with Crippen LogP contribution in [0.5, 0.6) is 17.4 Å². The Bertz CT molecular complexity index is 1620. The van der Waals surface area contributed by atoms with Crippen molar-refractivity contribution in [3.8, 4) is 17.4 Å². The molecule has 1 aliphatic heterocycles. The number of ether oxygens (including phenoxy) is 1. The number of anilines is 1. The summed E-state index contributed by atoms with van der Waals surface area (Å²) in [5.41, 5.74) is 7.23. The van der Waals surface area contributed by atoms with E-state index < -0.39 is 0 Å². The zero-order valence-electron chi connectivity index (χ0n) is 26.1. The van der Waals surface area contributed by atoms with E-state index in [-0.39, 0.29) is 44.2 Å². The molecular formula is C36H42N3O2Pt-. The van der Waals surface area contributed by atoms with Gasteiger partial charge >= 0.3 is 0 Å². The van der Waals surface area contributed by atoms with Crippen molar-refractivity contribution >= 4 is 22.4 Å². The van der Waals surface area contributed by atoms with Gasteiger partial charge in [0.2, 0.25) is 5.88 Å².